The Morgan fingerprint density at radius 3 is 2.11 bits per heavy atom. The maximum absolute atomic E-state index is 12.8. The van der Waals surface area contributed by atoms with E-state index in [1.807, 2.05) is 0 Å². The number of carboxylic acids is 2. The smallest absolute Gasteiger partial charge is 0.312 e. The van der Waals surface area contributed by atoms with Gasteiger partial charge in [0.15, 0.2) is 0 Å². The lowest BCUT2D eigenvalue weighted by molar-refractivity contribution is -0.217. The van der Waals surface area contributed by atoms with Crippen LogP contribution < -0.4 is 0 Å². The summed E-state index contributed by atoms with van der Waals surface area (Å²) in [5, 5.41) is 31.6. The molecule has 4 saturated carbocycles. The topological polar surface area (TPSA) is 94.8 Å². The summed E-state index contributed by atoms with van der Waals surface area (Å²) in [7, 11) is 0. The number of rotatable bonds is 2. The van der Waals surface area contributed by atoms with Crippen molar-refractivity contribution in [3.05, 3.63) is 11.6 Å². The molecule has 5 aliphatic carbocycles. The molecule has 0 spiro atoms. The van der Waals surface area contributed by atoms with Gasteiger partial charge in [-0.3, -0.25) is 9.59 Å². The van der Waals surface area contributed by atoms with E-state index in [9.17, 15) is 24.9 Å². The number of hydrogen-bond donors (Lipinski definition) is 3. The van der Waals surface area contributed by atoms with Crippen LogP contribution in [0.5, 0.6) is 0 Å². The molecule has 5 aliphatic rings. The maximum Gasteiger partial charge on any atom is 0.312 e. The fraction of sp³-hybridized carbons (Fsp3) is 0.867. The molecule has 5 nitrogen and oxygen atoms in total. The normalized spacial score (nSPS) is 52.7. The van der Waals surface area contributed by atoms with Gasteiger partial charge in [0, 0.05) is 0 Å². The van der Waals surface area contributed by atoms with Crippen molar-refractivity contribution in [2.45, 2.75) is 112 Å². The fourth-order valence-electron chi connectivity index (χ4n) is 10.6. The van der Waals surface area contributed by atoms with Gasteiger partial charge in [0.1, 0.15) is 0 Å². The van der Waals surface area contributed by atoms with Gasteiger partial charge in [0.2, 0.25) is 0 Å². The molecule has 4 fully saturated rings. The molecule has 0 amide bonds. The summed E-state index contributed by atoms with van der Waals surface area (Å²) in [6.45, 7) is 13.5. The first-order valence-electron chi connectivity index (χ1n) is 13.9. The van der Waals surface area contributed by atoms with Crippen molar-refractivity contribution in [1.82, 2.24) is 0 Å². The number of carboxylic acid groups (broad SMARTS) is 2. The van der Waals surface area contributed by atoms with Crippen LogP contribution in [0.1, 0.15) is 106 Å². The first-order valence-corrected chi connectivity index (χ1v) is 13.9. The van der Waals surface area contributed by atoms with Crippen LogP contribution in [0.3, 0.4) is 0 Å². The molecular weight excluding hydrogens is 440 g/mol. The predicted octanol–water partition coefficient (Wildman–Crippen LogP) is 6.30. The molecule has 5 rings (SSSR count). The standard InChI is InChI=1S/C30H46O5/c1-25(2)13-15-30(24(34)35)16-14-27(4)18(19(30)17-25)7-8-20-26(3)11-10-22(31)29(6,23(32)33)21(26)9-12-28(20,27)5/h7,19-22,31H,8-17H2,1-6H3,(H,32,33)(H,34,35)/t19-,20+,21+,22+,26+,27+,28+,29-,30-/m0/s1. The SMILES string of the molecule is CC1(C)CC[C@]2(C(=O)O)CC[C@]3(C)C(=CC[C@@H]4[C@@]5(C)CC[C@@H](O)[C@@](C)(C(=O)O)[C@@H]5CC[C@]43C)[C@@H]2C1. The predicted molar refractivity (Wildman–Crippen MR) is 135 cm³/mol. The van der Waals surface area contributed by atoms with E-state index in [4.69, 9.17) is 0 Å². The van der Waals surface area contributed by atoms with E-state index in [1.54, 1.807) is 6.92 Å². The summed E-state index contributed by atoms with van der Waals surface area (Å²) < 4.78 is 0. The van der Waals surface area contributed by atoms with Gasteiger partial charge in [-0.1, -0.05) is 46.3 Å². The van der Waals surface area contributed by atoms with E-state index in [0.29, 0.717) is 12.3 Å². The molecular formula is C30H46O5. The van der Waals surface area contributed by atoms with E-state index in [-0.39, 0.29) is 33.5 Å². The highest BCUT2D eigenvalue weighted by Crippen LogP contribution is 2.75. The van der Waals surface area contributed by atoms with Crippen LogP contribution in [0, 0.1) is 50.2 Å². The maximum atomic E-state index is 12.8. The molecule has 0 aliphatic heterocycles. The Morgan fingerprint density at radius 1 is 0.829 bits per heavy atom. The van der Waals surface area contributed by atoms with Crippen LogP contribution >= 0.6 is 0 Å². The van der Waals surface area contributed by atoms with E-state index in [2.05, 4.69) is 40.7 Å². The zero-order valence-corrected chi connectivity index (χ0v) is 22.6. The Labute approximate surface area is 210 Å². The Kier molecular flexibility index (Phi) is 5.32. The van der Waals surface area contributed by atoms with Crippen LogP contribution in [0.25, 0.3) is 0 Å². The zero-order chi connectivity index (χ0) is 25.8. The van der Waals surface area contributed by atoms with Crippen molar-refractivity contribution in [3.8, 4) is 0 Å². The van der Waals surface area contributed by atoms with Crippen molar-refractivity contribution in [1.29, 1.82) is 0 Å². The Bertz CT molecular complexity index is 983. The highest BCUT2D eigenvalue weighted by atomic mass is 16.4. The van der Waals surface area contributed by atoms with Gasteiger partial charge in [0.05, 0.1) is 16.9 Å². The average Bonchev–Trinajstić information content (AvgIpc) is 2.76. The molecule has 35 heavy (non-hydrogen) atoms. The Hall–Kier alpha value is -1.36. The number of aliphatic carboxylic acids is 2. The molecule has 9 atom stereocenters. The van der Waals surface area contributed by atoms with Gasteiger partial charge in [-0.15, -0.1) is 0 Å². The molecule has 0 aromatic carbocycles. The molecule has 5 heteroatoms. The van der Waals surface area contributed by atoms with Crippen LogP contribution in [0.2, 0.25) is 0 Å². The van der Waals surface area contributed by atoms with Gasteiger partial charge in [-0.25, -0.2) is 0 Å². The summed E-state index contributed by atoms with van der Waals surface area (Å²) in [6.07, 6.45) is 9.97. The summed E-state index contributed by atoms with van der Waals surface area (Å²) in [5.41, 5.74) is -0.437. The number of fused-ring (bicyclic) bond motifs is 7. The second kappa shape index (κ2) is 7.36. The van der Waals surface area contributed by atoms with E-state index < -0.39 is 28.9 Å². The van der Waals surface area contributed by atoms with E-state index >= 15 is 0 Å². The minimum absolute atomic E-state index is 0.00368. The van der Waals surface area contributed by atoms with Crippen LogP contribution in [0.15, 0.2) is 11.6 Å². The van der Waals surface area contributed by atoms with Gasteiger partial charge >= 0.3 is 11.9 Å². The number of aliphatic hydroxyl groups excluding tert-OH is 1. The number of aliphatic hydroxyl groups is 1. The largest absolute Gasteiger partial charge is 0.481 e. The Morgan fingerprint density at radius 2 is 1.49 bits per heavy atom. The van der Waals surface area contributed by atoms with Crippen molar-refractivity contribution in [2.75, 3.05) is 0 Å². The molecule has 0 aromatic heterocycles. The molecule has 3 N–H and O–H groups in total. The van der Waals surface area contributed by atoms with Crippen molar-refractivity contribution >= 4 is 11.9 Å². The molecule has 0 saturated heterocycles. The van der Waals surface area contributed by atoms with Crippen LogP contribution in [-0.4, -0.2) is 33.4 Å². The monoisotopic (exact) mass is 486 g/mol. The van der Waals surface area contributed by atoms with Gasteiger partial charge in [-0.05, 0) is 111 Å². The minimum atomic E-state index is -1.11. The minimum Gasteiger partial charge on any atom is -0.481 e. The number of allylic oxidation sites excluding steroid dienone is 2. The quantitative estimate of drug-likeness (QED) is 0.398. The van der Waals surface area contributed by atoms with E-state index in [0.717, 1.165) is 57.8 Å². The lowest BCUT2D eigenvalue weighted by Gasteiger charge is -2.70. The first kappa shape index (κ1) is 25.3. The highest BCUT2D eigenvalue weighted by Gasteiger charge is 2.70. The van der Waals surface area contributed by atoms with Gasteiger partial charge < -0.3 is 15.3 Å². The molecule has 0 heterocycles. The highest BCUT2D eigenvalue weighted by molar-refractivity contribution is 5.77. The molecule has 0 bridgehead atoms. The summed E-state index contributed by atoms with van der Waals surface area (Å²) >= 11 is 0. The lowest BCUT2D eigenvalue weighted by atomic mass is 9.33. The summed E-state index contributed by atoms with van der Waals surface area (Å²) in [5.74, 6) is -1.10. The second-order valence-corrected chi connectivity index (χ2v) is 14.8. The molecule has 0 aromatic rings. The molecule has 0 radical (unpaired) electrons. The van der Waals surface area contributed by atoms with Crippen LogP contribution in [-0.2, 0) is 9.59 Å². The lowest BCUT2D eigenvalue weighted by Crippen LogP contribution is -2.66. The molecule has 196 valence electrons. The number of carbonyl (C=O) groups is 2. The second-order valence-electron chi connectivity index (χ2n) is 14.8. The van der Waals surface area contributed by atoms with Crippen LogP contribution in [0.4, 0.5) is 0 Å². The van der Waals surface area contributed by atoms with Gasteiger partial charge in [0.25, 0.3) is 0 Å². The fourth-order valence-corrected chi connectivity index (χ4v) is 10.6. The van der Waals surface area contributed by atoms with Crippen molar-refractivity contribution < 1.29 is 24.9 Å². The average molecular weight is 487 g/mol. The van der Waals surface area contributed by atoms with E-state index in [1.165, 1.54) is 5.57 Å². The van der Waals surface area contributed by atoms with Crippen molar-refractivity contribution in [3.63, 3.8) is 0 Å². The zero-order valence-electron chi connectivity index (χ0n) is 22.6. The van der Waals surface area contributed by atoms with Gasteiger partial charge in [-0.2, -0.15) is 0 Å². The third kappa shape index (κ3) is 2.97. The third-order valence-corrected chi connectivity index (χ3v) is 13.2. The molecule has 0 unspecified atom stereocenters. The Balaban J connectivity index is 1.60. The third-order valence-electron chi connectivity index (χ3n) is 13.2. The first-order chi connectivity index (χ1) is 16.1. The number of hydrogen-bond acceptors (Lipinski definition) is 3. The summed E-state index contributed by atoms with van der Waals surface area (Å²) in [4.78, 5) is 25.3. The van der Waals surface area contributed by atoms with Crippen molar-refractivity contribution in [2.24, 2.45) is 50.2 Å². The summed E-state index contributed by atoms with van der Waals surface area (Å²) in [6, 6.07) is 0.